The predicted octanol–water partition coefficient (Wildman–Crippen LogP) is 2.98. The number of methoxy groups -OCH3 is 1. The summed E-state index contributed by atoms with van der Waals surface area (Å²) in [6, 6.07) is 1.82. The van der Waals surface area contributed by atoms with Crippen LogP contribution in [-0.4, -0.2) is 58.1 Å². The third-order valence-corrected chi connectivity index (χ3v) is 4.85. The van der Waals surface area contributed by atoms with Gasteiger partial charge in [-0.2, -0.15) is 29.6 Å². The highest BCUT2D eigenvalue weighted by molar-refractivity contribution is 7.08. The lowest BCUT2D eigenvalue weighted by atomic mass is 9.99. The van der Waals surface area contributed by atoms with Crippen LogP contribution in [0.25, 0.3) is 0 Å². The molecule has 1 aliphatic heterocycles. The maximum atomic E-state index is 12.7. The van der Waals surface area contributed by atoms with E-state index in [-0.39, 0.29) is 11.9 Å². The fraction of sp³-hybridized carbons (Fsp3) is 0.471. The largest absolute Gasteiger partial charge is 0.490 e. The van der Waals surface area contributed by atoms with Gasteiger partial charge in [0.05, 0.1) is 30.1 Å². The lowest BCUT2D eigenvalue weighted by molar-refractivity contribution is -0.192. The number of fused-ring (bicyclic) bond motifs is 1. The average Bonchev–Trinajstić information content (AvgIpc) is 3.31. The fourth-order valence-electron chi connectivity index (χ4n) is 2.93. The number of aromatic nitrogens is 2. The molecule has 1 amide bonds. The SMILES string of the molecule is CCn1ncc2c1C(COC)N(C(=O)c1ccsc1)CC2.O=C(O)C(F)(F)F. The zero-order chi connectivity index (χ0) is 20.9. The number of ether oxygens (including phenoxy) is 1. The first kappa shape index (κ1) is 21.9. The average molecular weight is 419 g/mol. The van der Waals surface area contributed by atoms with Gasteiger partial charge >= 0.3 is 12.1 Å². The van der Waals surface area contributed by atoms with E-state index < -0.39 is 12.1 Å². The van der Waals surface area contributed by atoms with Crippen LogP contribution in [0.3, 0.4) is 0 Å². The minimum atomic E-state index is -5.08. The second kappa shape index (κ2) is 9.20. The Hall–Kier alpha value is -2.40. The van der Waals surface area contributed by atoms with Crippen LogP contribution in [-0.2, 0) is 22.5 Å². The van der Waals surface area contributed by atoms with E-state index in [0.717, 1.165) is 24.2 Å². The lowest BCUT2D eigenvalue weighted by Crippen LogP contribution is -2.42. The standard InChI is InChI=1S/C15H19N3O2S.C2HF3O2/c1-3-18-14-11(8-16-18)4-6-17(13(14)9-20-2)15(19)12-5-7-21-10-12;3-2(4,5)1(6)7/h5,7-8,10,13H,3-4,6,9H2,1-2H3;(H,6,7). The number of carbonyl (C=O) groups excluding carboxylic acids is 1. The van der Waals surface area contributed by atoms with E-state index >= 15 is 0 Å². The molecule has 1 N–H and O–H groups in total. The number of hydrogen-bond acceptors (Lipinski definition) is 5. The molecular weight excluding hydrogens is 399 g/mol. The third kappa shape index (κ3) is 4.90. The van der Waals surface area contributed by atoms with Crippen LogP contribution in [0.2, 0.25) is 0 Å². The van der Waals surface area contributed by atoms with E-state index in [4.69, 9.17) is 14.6 Å². The van der Waals surface area contributed by atoms with Crippen molar-refractivity contribution in [2.75, 3.05) is 20.3 Å². The third-order valence-electron chi connectivity index (χ3n) is 4.17. The van der Waals surface area contributed by atoms with E-state index in [2.05, 4.69) is 12.0 Å². The number of nitrogens with zero attached hydrogens (tertiary/aromatic N) is 3. The van der Waals surface area contributed by atoms with E-state index in [1.54, 1.807) is 18.4 Å². The number of carboxylic acids is 1. The second-order valence-electron chi connectivity index (χ2n) is 5.91. The van der Waals surface area contributed by atoms with Gasteiger partial charge in [-0.05, 0) is 30.4 Å². The number of carboxylic acid groups (broad SMARTS) is 1. The molecule has 0 aliphatic carbocycles. The Morgan fingerprint density at radius 2 is 2.11 bits per heavy atom. The molecule has 0 radical (unpaired) electrons. The first-order chi connectivity index (χ1) is 13.2. The van der Waals surface area contributed by atoms with Crippen molar-refractivity contribution in [2.45, 2.75) is 32.1 Å². The molecule has 3 rings (SSSR count). The number of amides is 1. The maximum absolute atomic E-state index is 12.7. The summed E-state index contributed by atoms with van der Waals surface area (Å²) in [7, 11) is 1.67. The minimum Gasteiger partial charge on any atom is -0.475 e. The smallest absolute Gasteiger partial charge is 0.475 e. The minimum absolute atomic E-state index is 0.0615. The van der Waals surface area contributed by atoms with Crippen LogP contribution in [0.4, 0.5) is 13.2 Å². The number of alkyl halides is 3. The number of carbonyl (C=O) groups is 2. The van der Waals surface area contributed by atoms with Crippen molar-refractivity contribution in [3.8, 4) is 0 Å². The molecule has 0 spiro atoms. The molecule has 7 nitrogen and oxygen atoms in total. The van der Waals surface area contributed by atoms with Crippen LogP contribution in [0.5, 0.6) is 0 Å². The molecule has 1 unspecified atom stereocenters. The molecule has 154 valence electrons. The second-order valence-corrected chi connectivity index (χ2v) is 6.69. The van der Waals surface area contributed by atoms with Crippen molar-refractivity contribution in [3.63, 3.8) is 0 Å². The normalized spacial score (nSPS) is 16.2. The predicted molar refractivity (Wildman–Crippen MR) is 95.3 cm³/mol. The quantitative estimate of drug-likeness (QED) is 0.824. The van der Waals surface area contributed by atoms with Crippen molar-refractivity contribution in [1.29, 1.82) is 0 Å². The van der Waals surface area contributed by atoms with E-state index in [9.17, 15) is 18.0 Å². The summed E-state index contributed by atoms with van der Waals surface area (Å²) < 4.78 is 39.1. The molecule has 0 bridgehead atoms. The monoisotopic (exact) mass is 419 g/mol. The number of halogens is 3. The number of aliphatic carboxylic acids is 1. The van der Waals surface area contributed by atoms with Crippen molar-refractivity contribution >= 4 is 23.2 Å². The molecule has 1 aliphatic rings. The maximum Gasteiger partial charge on any atom is 0.490 e. The van der Waals surface area contributed by atoms with Crippen molar-refractivity contribution in [1.82, 2.24) is 14.7 Å². The van der Waals surface area contributed by atoms with Crippen LogP contribution in [0.15, 0.2) is 23.0 Å². The topological polar surface area (TPSA) is 84.7 Å². The summed E-state index contributed by atoms with van der Waals surface area (Å²) >= 11 is 1.55. The zero-order valence-electron chi connectivity index (χ0n) is 15.3. The molecule has 3 heterocycles. The Morgan fingerprint density at radius 1 is 1.43 bits per heavy atom. The Labute approximate surface area is 163 Å². The highest BCUT2D eigenvalue weighted by Crippen LogP contribution is 2.31. The molecule has 1 atom stereocenters. The van der Waals surface area contributed by atoms with Crippen molar-refractivity contribution in [2.24, 2.45) is 0 Å². The number of aryl methyl sites for hydroxylation is 1. The molecule has 0 saturated heterocycles. The number of hydrogen-bond donors (Lipinski definition) is 1. The summed E-state index contributed by atoms with van der Waals surface area (Å²) in [4.78, 5) is 23.5. The Bertz CT molecular complexity index is 792. The van der Waals surface area contributed by atoms with Crippen molar-refractivity contribution in [3.05, 3.63) is 39.8 Å². The van der Waals surface area contributed by atoms with Crippen LogP contribution in [0.1, 0.15) is 34.6 Å². The highest BCUT2D eigenvalue weighted by Gasteiger charge is 2.38. The summed E-state index contributed by atoms with van der Waals surface area (Å²) in [6.45, 7) is 4.08. The van der Waals surface area contributed by atoms with Gasteiger partial charge in [0, 0.05) is 25.6 Å². The van der Waals surface area contributed by atoms with Gasteiger partial charge in [-0.15, -0.1) is 0 Å². The van der Waals surface area contributed by atoms with E-state index in [1.165, 1.54) is 5.56 Å². The van der Waals surface area contributed by atoms with E-state index in [1.807, 2.05) is 32.6 Å². The van der Waals surface area contributed by atoms with Gasteiger partial charge < -0.3 is 14.7 Å². The lowest BCUT2D eigenvalue weighted by Gasteiger charge is -2.35. The molecular formula is C17H20F3N3O4S. The molecule has 28 heavy (non-hydrogen) atoms. The molecule has 2 aromatic rings. The summed E-state index contributed by atoms with van der Waals surface area (Å²) in [5.41, 5.74) is 3.11. The first-order valence-electron chi connectivity index (χ1n) is 8.37. The number of rotatable bonds is 4. The Morgan fingerprint density at radius 3 is 2.61 bits per heavy atom. The summed E-state index contributed by atoms with van der Waals surface area (Å²) in [5.74, 6) is -2.68. The van der Waals surface area contributed by atoms with Gasteiger partial charge in [-0.1, -0.05) is 0 Å². The van der Waals surface area contributed by atoms with Gasteiger partial charge in [-0.3, -0.25) is 9.48 Å². The van der Waals surface area contributed by atoms with Gasteiger partial charge in [-0.25, -0.2) is 4.79 Å². The highest BCUT2D eigenvalue weighted by atomic mass is 32.1. The van der Waals surface area contributed by atoms with Crippen LogP contribution in [0, 0.1) is 0 Å². The molecule has 2 aromatic heterocycles. The summed E-state index contributed by atoms with van der Waals surface area (Å²) in [6.07, 6.45) is -2.31. The van der Waals surface area contributed by atoms with Crippen LogP contribution < -0.4 is 0 Å². The molecule has 0 fully saturated rings. The van der Waals surface area contributed by atoms with Gasteiger partial charge in [0.25, 0.3) is 5.91 Å². The van der Waals surface area contributed by atoms with Crippen molar-refractivity contribution < 1.29 is 32.6 Å². The Balaban J connectivity index is 0.000000345. The number of thiophene rings is 1. The van der Waals surface area contributed by atoms with E-state index in [0.29, 0.717) is 13.2 Å². The van der Waals surface area contributed by atoms with Gasteiger partial charge in [0.1, 0.15) is 0 Å². The first-order valence-corrected chi connectivity index (χ1v) is 9.31. The van der Waals surface area contributed by atoms with Crippen LogP contribution >= 0.6 is 11.3 Å². The Kier molecular flexibility index (Phi) is 7.19. The molecule has 0 aromatic carbocycles. The van der Waals surface area contributed by atoms with Gasteiger partial charge in [0.2, 0.25) is 0 Å². The molecule has 11 heteroatoms. The van der Waals surface area contributed by atoms with Gasteiger partial charge in [0.15, 0.2) is 0 Å². The fourth-order valence-corrected chi connectivity index (χ4v) is 3.56. The molecule has 0 saturated carbocycles. The summed E-state index contributed by atoms with van der Waals surface area (Å²) in [5, 5.41) is 15.4. The zero-order valence-corrected chi connectivity index (χ0v) is 16.1.